The van der Waals surface area contributed by atoms with Crippen LogP contribution in [0, 0.1) is 0 Å². The van der Waals surface area contributed by atoms with Crippen LogP contribution in [0.5, 0.6) is 0 Å². The van der Waals surface area contributed by atoms with Gasteiger partial charge in [-0.15, -0.1) is 0 Å². The molecule has 0 rings (SSSR count). The van der Waals surface area contributed by atoms with Gasteiger partial charge in [-0.2, -0.15) is 0 Å². The van der Waals surface area contributed by atoms with Crippen LogP contribution in [0.25, 0.3) is 0 Å². The first kappa shape index (κ1) is 14.6. The van der Waals surface area contributed by atoms with Crippen molar-refractivity contribution in [1.82, 2.24) is 4.90 Å². The van der Waals surface area contributed by atoms with E-state index in [0.29, 0.717) is 5.57 Å². The first-order valence-corrected chi connectivity index (χ1v) is 3.92. The number of aliphatic hydroxyl groups excluding tert-OH is 1. The zero-order valence-electron chi connectivity index (χ0n) is 9.00. The molecule has 0 aromatic rings. The molecule has 0 radical (unpaired) electrons. The molecule has 0 bridgehead atoms. The lowest BCUT2D eigenvalue weighted by molar-refractivity contribution is -0.150. The summed E-state index contributed by atoms with van der Waals surface area (Å²) in [5.41, 5.74) is 0.429. The summed E-state index contributed by atoms with van der Waals surface area (Å²) in [6, 6.07) is 0. The predicted molar refractivity (Wildman–Crippen MR) is 52.2 cm³/mol. The highest BCUT2D eigenvalue weighted by molar-refractivity contribution is 5.87. The van der Waals surface area contributed by atoms with E-state index >= 15 is 0 Å². The number of carbonyl (C=O) groups excluding carboxylic acids is 1. The van der Waals surface area contributed by atoms with Crippen molar-refractivity contribution in [3.63, 3.8) is 0 Å². The van der Waals surface area contributed by atoms with Gasteiger partial charge in [-0.3, -0.25) is 4.90 Å². The van der Waals surface area contributed by atoms with Crippen molar-refractivity contribution in [2.24, 2.45) is 0 Å². The second-order valence-electron chi connectivity index (χ2n) is 2.75. The molecule has 0 aliphatic heterocycles. The van der Waals surface area contributed by atoms with E-state index in [2.05, 4.69) is 6.58 Å². The molecule has 4 nitrogen and oxygen atoms in total. The van der Waals surface area contributed by atoms with Crippen LogP contribution in [0.1, 0.15) is 13.8 Å². The molecule has 1 atom stereocenters. The van der Waals surface area contributed by atoms with Crippen molar-refractivity contribution in [2.45, 2.75) is 20.1 Å². The third-order valence-electron chi connectivity index (χ3n) is 1.35. The highest BCUT2D eigenvalue weighted by Gasteiger charge is 2.10. The monoisotopic (exact) mass is 189 g/mol. The fraction of sp³-hybridized carbons (Fsp3) is 0.667. The first-order chi connectivity index (χ1) is 5.95. The number of aliphatic hydroxyl groups is 1. The number of ether oxygens (including phenoxy) is 1. The molecule has 0 saturated carbocycles. The van der Waals surface area contributed by atoms with Gasteiger partial charge in [-0.05, 0) is 27.9 Å². The van der Waals surface area contributed by atoms with Crippen molar-refractivity contribution in [3.8, 4) is 0 Å². The van der Waals surface area contributed by atoms with Crippen LogP contribution >= 0.6 is 0 Å². The Morgan fingerprint density at radius 2 is 1.85 bits per heavy atom. The largest absolute Gasteiger partial charge is 0.443 e. The summed E-state index contributed by atoms with van der Waals surface area (Å²) in [5.74, 6) is -0.341. The van der Waals surface area contributed by atoms with Crippen LogP contribution in [-0.2, 0) is 9.53 Å². The Morgan fingerprint density at radius 3 is 2.08 bits per heavy atom. The van der Waals surface area contributed by atoms with E-state index in [-0.39, 0.29) is 12.2 Å². The molecule has 0 fully saturated rings. The van der Waals surface area contributed by atoms with Crippen LogP contribution in [0.4, 0.5) is 0 Å². The molecule has 0 amide bonds. The second kappa shape index (κ2) is 7.76. The van der Waals surface area contributed by atoms with Crippen molar-refractivity contribution >= 4 is 5.97 Å². The van der Waals surface area contributed by atoms with Gasteiger partial charge in [-0.25, -0.2) is 4.79 Å². The minimum atomic E-state index is -0.341. The van der Waals surface area contributed by atoms with Gasteiger partial charge in [0.15, 0.2) is 6.23 Å². The zero-order chi connectivity index (χ0) is 11.0. The summed E-state index contributed by atoms with van der Waals surface area (Å²) < 4.78 is 4.96. The summed E-state index contributed by atoms with van der Waals surface area (Å²) >= 11 is 0. The van der Waals surface area contributed by atoms with Crippen molar-refractivity contribution in [2.75, 3.05) is 21.2 Å². The molecule has 0 aliphatic carbocycles. The Hall–Kier alpha value is -0.870. The molecular formula is C9H19NO3. The third kappa shape index (κ3) is 7.49. The van der Waals surface area contributed by atoms with Crippen molar-refractivity contribution in [1.29, 1.82) is 0 Å². The molecule has 0 aromatic carbocycles. The van der Waals surface area contributed by atoms with Crippen LogP contribution in [0.3, 0.4) is 0 Å². The normalized spacial score (nSPS) is 11.3. The number of hydrogen-bond acceptors (Lipinski definition) is 4. The molecule has 0 heterocycles. The molecule has 0 aromatic heterocycles. The predicted octanol–water partition coefficient (Wildman–Crippen LogP) is 0.622. The molecule has 0 aliphatic rings. The van der Waals surface area contributed by atoms with Gasteiger partial charge in [0.25, 0.3) is 0 Å². The van der Waals surface area contributed by atoms with Crippen LogP contribution in [0.15, 0.2) is 12.2 Å². The lowest BCUT2D eigenvalue weighted by atomic mass is 10.4. The Morgan fingerprint density at radius 1 is 1.46 bits per heavy atom. The minimum Gasteiger partial charge on any atom is -0.443 e. The third-order valence-corrected chi connectivity index (χ3v) is 1.35. The molecule has 78 valence electrons. The quantitative estimate of drug-likeness (QED) is 0.402. The average Bonchev–Trinajstić information content (AvgIpc) is 2.07. The minimum absolute atomic E-state index is 0.195. The Bertz CT molecular complexity index is 166. The van der Waals surface area contributed by atoms with Gasteiger partial charge in [-0.1, -0.05) is 6.58 Å². The standard InChI is InChI=1S/C8H15NO2.CH4O/c1-6(2)8(10)11-7(3)9(4)5;1-2/h7H,1H2,2-5H3;2H,1H3. The maximum atomic E-state index is 10.9. The summed E-state index contributed by atoms with van der Waals surface area (Å²) in [5, 5.41) is 7.00. The van der Waals surface area contributed by atoms with E-state index in [4.69, 9.17) is 9.84 Å². The van der Waals surface area contributed by atoms with Crippen LogP contribution in [-0.4, -0.2) is 43.4 Å². The summed E-state index contributed by atoms with van der Waals surface area (Å²) in [6.07, 6.45) is -0.195. The van der Waals surface area contributed by atoms with Crippen molar-refractivity contribution in [3.05, 3.63) is 12.2 Å². The molecule has 0 spiro atoms. The van der Waals surface area contributed by atoms with Crippen LogP contribution in [0.2, 0.25) is 0 Å². The molecule has 4 heteroatoms. The van der Waals surface area contributed by atoms with Gasteiger partial charge in [0.2, 0.25) is 0 Å². The van der Waals surface area contributed by atoms with E-state index in [9.17, 15) is 4.79 Å². The average molecular weight is 189 g/mol. The second-order valence-corrected chi connectivity index (χ2v) is 2.75. The smallest absolute Gasteiger partial charge is 0.334 e. The topological polar surface area (TPSA) is 49.8 Å². The molecule has 13 heavy (non-hydrogen) atoms. The highest BCUT2D eigenvalue weighted by Crippen LogP contribution is 1.99. The highest BCUT2D eigenvalue weighted by atomic mass is 16.6. The zero-order valence-corrected chi connectivity index (χ0v) is 9.00. The lowest BCUT2D eigenvalue weighted by Gasteiger charge is -2.19. The van der Waals surface area contributed by atoms with E-state index in [1.165, 1.54) is 0 Å². The number of esters is 1. The van der Waals surface area contributed by atoms with E-state index in [1.807, 2.05) is 14.1 Å². The number of carbonyl (C=O) groups is 1. The summed E-state index contributed by atoms with van der Waals surface area (Å²) in [7, 11) is 4.69. The van der Waals surface area contributed by atoms with Crippen molar-refractivity contribution < 1.29 is 14.6 Å². The number of hydrogen-bond donors (Lipinski definition) is 1. The van der Waals surface area contributed by atoms with Crippen LogP contribution < -0.4 is 0 Å². The van der Waals surface area contributed by atoms with Gasteiger partial charge >= 0.3 is 5.97 Å². The summed E-state index contributed by atoms with van der Waals surface area (Å²) in [4.78, 5) is 12.7. The van der Waals surface area contributed by atoms with E-state index < -0.39 is 0 Å². The Balaban J connectivity index is 0. The fourth-order valence-corrected chi connectivity index (χ4v) is 0.361. The lowest BCUT2D eigenvalue weighted by Crippen LogP contribution is -2.30. The van der Waals surface area contributed by atoms with Gasteiger partial charge in [0.1, 0.15) is 0 Å². The maximum Gasteiger partial charge on any atom is 0.334 e. The number of nitrogens with zero attached hydrogens (tertiary/aromatic N) is 1. The van der Waals surface area contributed by atoms with Gasteiger partial charge in [0, 0.05) is 12.7 Å². The Kier molecular flexibility index (Phi) is 8.74. The number of rotatable bonds is 3. The maximum absolute atomic E-state index is 10.9. The van der Waals surface area contributed by atoms with Gasteiger partial charge in [0.05, 0.1) is 0 Å². The fourth-order valence-electron chi connectivity index (χ4n) is 0.361. The van der Waals surface area contributed by atoms with Gasteiger partial charge < -0.3 is 9.84 Å². The summed E-state index contributed by atoms with van der Waals surface area (Å²) in [6.45, 7) is 6.91. The SMILES string of the molecule is C=C(C)C(=O)OC(C)N(C)C.CO. The molecule has 0 saturated heterocycles. The van der Waals surface area contributed by atoms with E-state index in [1.54, 1.807) is 18.7 Å². The molecule has 1 unspecified atom stereocenters. The van der Waals surface area contributed by atoms with E-state index in [0.717, 1.165) is 7.11 Å². The Labute approximate surface area is 79.8 Å². The first-order valence-electron chi connectivity index (χ1n) is 3.92. The molecule has 1 N–H and O–H groups in total. The molecular weight excluding hydrogens is 170 g/mol.